The standard InChI is InChI=1S/C12H16N2O2/c1-12(8-14-11(13)16-12)7-9-5-3-4-6-10(9)15-2/h3-6H,7-8H2,1-2H3,(H2,13,14). The lowest BCUT2D eigenvalue weighted by Crippen LogP contribution is -2.33. The number of amidine groups is 1. The molecule has 0 spiro atoms. The van der Waals surface area contributed by atoms with E-state index in [1.807, 2.05) is 31.2 Å². The van der Waals surface area contributed by atoms with Crippen molar-refractivity contribution < 1.29 is 9.47 Å². The molecule has 0 bridgehead atoms. The van der Waals surface area contributed by atoms with Gasteiger partial charge in [-0.1, -0.05) is 18.2 Å². The lowest BCUT2D eigenvalue weighted by atomic mass is 9.96. The third-order valence-electron chi connectivity index (χ3n) is 2.68. The summed E-state index contributed by atoms with van der Waals surface area (Å²) >= 11 is 0. The van der Waals surface area contributed by atoms with Gasteiger partial charge in [-0.05, 0) is 18.6 Å². The second-order valence-corrected chi connectivity index (χ2v) is 4.20. The molecule has 1 unspecified atom stereocenters. The highest BCUT2D eigenvalue weighted by Crippen LogP contribution is 2.27. The van der Waals surface area contributed by atoms with E-state index in [1.54, 1.807) is 7.11 Å². The van der Waals surface area contributed by atoms with Gasteiger partial charge in [0.15, 0.2) is 0 Å². The van der Waals surface area contributed by atoms with E-state index in [0.717, 1.165) is 17.7 Å². The monoisotopic (exact) mass is 220 g/mol. The van der Waals surface area contributed by atoms with E-state index in [4.69, 9.17) is 15.2 Å². The number of aliphatic imine (C=N–C) groups is 1. The molecule has 1 aliphatic heterocycles. The third-order valence-corrected chi connectivity index (χ3v) is 2.68. The first-order valence-corrected chi connectivity index (χ1v) is 5.24. The van der Waals surface area contributed by atoms with E-state index < -0.39 is 0 Å². The second-order valence-electron chi connectivity index (χ2n) is 4.20. The van der Waals surface area contributed by atoms with Crippen molar-refractivity contribution in [2.24, 2.45) is 10.7 Å². The average molecular weight is 220 g/mol. The minimum atomic E-state index is -0.348. The highest BCUT2D eigenvalue weighted by Gasteiger charge is 2.33. The first-order valence-electron chi connectivity index (χ1n) is 5.24. The summed E-state index contributed by atoms with van der Waals surface area (Å²) in [5.74, 6) is 0.873. The lowest BCUT2D eigenvalue weighted by Gasteiger charge is -2.23. The highest BCUT2D eigenvalue weighted by molar-refractivity contribution is 5.73. The maximum atomic E-state index is 5.53. The first-order chi connectivity index (χ1) is 7.63. The number of rotatable bonds is 3. The summed E-state index contributed by atoms with van der Waals surface area (Å²) in [7, 11) is 1.67. The predicted molar refractivity (Wildman–Crippen MR) is 62.7 cm³/mol. The van der Waals surface area contributed by atoms with E-state index in [-0.39, 0.29) is 11.6 Å². The van der Waals surface area contributed by atoms with Crippen LogP contribution in [0.5, 0.6) is 5.75 Å². The molecule has 1 aromatic rings. The Kier molecular flexibility index (Phi) is 2.73. The van der Waals surface area contributed by atoms with Gasteiger partial charge in [-0.3, -0.25) is 0 Å². The van der Waals surface area contributed by atoms with Crippen molar-refractivity contribution in [3.63, 3.8) is 0 Å². The fourth-order valence-electron chi connectivity index (χ4n) is 1.91. The van der Waals surface area contributed by atoms with Crippen molar-refractivity contribution >= 4 is 6.02 Å². The second kappa shape index (κ2) is 4.04. The van der Waals surface area contributed by atoms with Gasteiger partial charge in [0.2, 0.25) is 0 Å². The average Bonchev–Trinajstić information content (AvgIpc) is 2.59. The maximum absolute atomic E-state index is 5.53. The van der Waals surface area contributed by atoms with Crippen molar-refractivity contribution in [3.8, 4) is 5.75 Å². The van der Waals surface area contributed by atoms with Crippen LogP contribution in [0.2, 0.25) is 0 Å². The Morgan fingerprint density at radius 2 is 2.25 bits per heavy atom. The molecule has 0 saturated carbocycles. The summed E-state index contributed by atoms with van der Waals surface area (Å²) in [6.45, 7) is 2.60. The molecule has 0 radical (unpaired) electrons. The largest absolute Gasteiger partial charge is 0.496 e. The molecule has 1 aromatic carbocycles. The number of para-hydroxylation sites is 1. The molecule has 0 aromatic heterocycles. The number of methoxy groups -OCH3 is 1. The van der Waals surface area contributed by atoms with Gasteiger partial charge in [-0.15, -0.1) is 0 Å². The van der Waals surface area contributed by atoms with Crippen molar-refractivity contribution in [2.45, 2.75) is 18.9 Å². The molecular weight excluding hydrogens is 204 g/mol. The molecule has 0 fully saturated rings. The first kappa shape index (κ1) is 10.8. The van der Waals surface area contributed by atoms with Crippen LogP contribution in [0.15, 0.2) is 29.3 Å². The molecule has 86 valence electrons. The van der Waals surface area contributed by atoms with Crippen LogP contribution in [0.3, 0.4) is 0 Å². The smallest absolute Gasteiger partial charge is 0.282 e. The molecule has 1 aliphatic rings. The van der Waals surface area contributed by atoms with E-state index in [9.17, 15) is 0 Å². The van der Waals surface area contributed by atoms with Crippen LogP contribution in [0, 0.1) is 0 Å². The van der Waals surface area contributed by atoms with Crippen molar-refractivity contribution in [3.05, 3.63) is 29.8 Å². The SMILES string of the molecule is COc1ccccc1CC1(C)CN=C(N)O1. The molecule has 1 atom stereocenters. The highest BCUT2D eigenvalue weighted by atomic mass is 16.5. The summed E-state index contributed by atoms with van der Waals surface area (Å²) in [4.78, 5) is 4.07. The fourth-order valence-corrected chi connectivity index (χ4v) is 1.91. The predicted octanol–water partition coefficient (Wildman–Crippen LogP) is 1.34. The van der Waals surface area contributed by atoms with Crippen LogP contribution in [0.25, 0.3) is 0 Å². The van der Waals surface area contributed by atoms with Crippen LogP contribution in [0.4, 0.5) is 0 Å². The Balaban J connectivity index is 2.15. The van der Waals surface area contributed by atoms with Gasteiger partial charge in [0.05, 0.1) is 13.7 Å². The summed E-state index contributed by atoms with van der Waals surface area (Å²) in [5, 5.41) is 0. The molecule has 16 heavy (non-hydrogen) atoms. The summed E-state index contributed by atoms with van der Waals surface area (Å²) < 4.78 is 10.8. The quantitative estimate of drug-likeness (QED) is 0.836. The molecule has 4 heteroatoms. The van der Waals surface area contributed by atoms with Crippen LogP contribution in [-0.4, -0.2) is 25.3 Å². The Bertz CT molecular complexity index is 417. The Labute approximate surface area is 95.1 Å². The third kappa shape index (κ3) is 2.10. The molecule has 2 rings (SSSR count). The van der Waals surface area contributed by atoms with Gasteiger partial charge in [0.25, 0.3) is 6.02 Å². The van der Waals surface area contributed by atoms with Crippen LogP contribution in [0.1, 0.15) is 12.5 Å². The molecule has 2 N–H and O–H groups in total. The van der Waals surface area contributed by atoms with E-state index in [2.05, 4.69) is 4.99 Å². The summed E-state index contributed by atoms with van der Waals surface area (Å²) in [5.41, 5.74) is 6.29. The Morgan fingerprint density at radius 3 is 2.88 bits per heavy atom. The van der Waals surface area contributed by atoms with Crippen LogP contribution < -0.4 is 10.5 Å². The number of nitrogens with two attached hydrogens (primary N) is 1. The maximum Gasteiger partial charge on any atom is 0.282 e. The van der Waals surface area contributed by atoms with Crippen LogP contribution >= 0.6 is 0 Å². The lowest BCUT2D eigenvalue weighted by molar-refractivity contribution is 0.106. The molecule has 0 saturated heterocycles. The fraction of sp³-hybridized carbons (Fsp3) is 0.417. The number of hydrogen-bond acceptors (Lipinski definition) is 4. The zero-order chi connectivity index (χ0) is 11.6. The minimum absolute atomic E-state index is 0.275. The van der Waals surface area contributed by atoms with Gasteiger partial charge in [-0.2, -0.15) is 0 Å². The Hall–Kier alpha value is -1.71. The van der Waals surface area contributed by atoms with Gasteiger partial charge in [0.1, 0.15) is 11.4 Å². The summed E-state index contributed by atoms with van der Waals surface area (Å²) in [6.07, 6.45) is 0.737. The van der Waals surface area contributed by atoms with Crippen molar-refractivity contribution in [1.29, 1.82) is 0 Å². The molecule has 0 amide bonds. The number of ether oxygens (including phenoxy) is 2. The normalized spacial score (nSPS) is 23.8. The van der Waals surface area contributed by atoms with Gasteiger partial charge in [0, 0.05) is 6.42 Å². The number of hydrogen-bond donors (Lipinski definition) is 1. The van der Waals surface area contributed by atoms with Crippen LogP contribution in [-0.2, 0) is 11.2 Å². The van der Waals surface area contributed by atoms with Crippen molar-refractivity contribution in [1.82, 2.24) is 0 Å². The Morgan fingerprint density at radius 1 is 1.50 bits per heavy atom. The van der Waals surface area contributed by atoms with Gasteiger partial charge < -0.3 is 15.2 Å². The zero-order valence-corrected chi connectivity index (χ0v) is 9.56. The summed E-state index contributed by atoms with van der Waals surface area (Å²) in [6, 6.07) is 8.18. The van der Waals surface area contributed by atoms with E-state index >= 15 is 0 Å². The topological polar surface area (TPSA) is 56.8 Å². The van der Waals surface area contributed by atoms with Gasteiger partial charge >= 0.3 is 0 Å². The molecule has 0 aliphatic carbocycles. The van der Waals surface area contributed by atoms with Gasteiger partial charge in [-0.25, -0.2) is 4.99 Å². The molecule has 4 nitrogen and oxygen atoms in total. The number of nitrogens with zero attached hydrogens (tertiary/aromatic N) is 1. The van der Waals surface area contributed by atoms with E-state index in [1.165, 1.54) is 0 Å². The van der Waals surface area contributed by atoms with Crippen molar-refractivity contribution in [2.75, 3.05) is 13.7 Å². The zero-order valence-electron chi connectivity index (χ0n) is 9.56. The minimum Gasteiger partial charge on any atom is -0.496 e. The van der Waals surface area contributed by atoms with E-state index in [0.29, 0.717) is 6.54 Å². The molecular formula is C12H16N2O2. The number of benzene rings is 1. The molecule has 1 heterocycles.